The van der Waals surface area contributed by atoms with Gasteiger partial charge in [0.25, 0.3) is 5.91 Å². The number of urea groups is 1. The third-order valence-electron chi connectivity index (χ3n) is 5.78. The number of benzene rings is 2. The van der Waals surface area contributed by atoms with Crippen LogP contribution in [0, 0.1) is 6.92 Å². The summed E-state index contributed by atoms with van der Waals surface area (Å²) < 4.78 is 1.88. The number of imidazole rings is 1. The van der Waals surface area contributed by atoms with Crippen LogP contribution in [0.15, 0.2) is 67.3 Å². The van der Waals surface area contributed by atoms with Gasteiger partial charge in [0.15, 0.2) is 0 Å². The predicted octanol–water partition coefficient (Wildman–Crippen LogP) is 2.83. The zero-order chi connectivity index (χ0) is 22.9. The van der Waals surface area contributed by atoms with E-state index in [9.17, 15) is 14.4 Å². The van der Waals surface area contributed by atoms with Crippen molar-refractivity contribution in [3.63, 3.8) is 0 Å². The molecule has 1 fully saturated rings. The zero-order valence-electron chi connectivity index (χ0n) is 18.2. The molecule has 2 atom stereocenters. The molecule has 8 heteroatoms. The number of aryl methyl sites for hydroxylation is 1. The highest BCUT2D eigenvalue weighted by Crippen LogP contribution is 2.29. The van der Waals surface area contributed by atoms with E-state index in [-0.39, 0.29) is 12.6 Å². The molecule has 0 aliphatic carbocycles. The predicted molar refractivity (Wildman–Crippen MR) is 119 cm³/mol. The SMILES string of the molecule is Cc1ccc([C@@]2(C)NC(=O)N(CC(=O)N[C@H](C)c3ccc(-n4ccnc4)cc3)C2=O)cc1. The molecule has 0 saturated carbocycles. The maximum Gasteiger partial charge on any atom is 0.325 e. The van der Waals surface area contributed by atoms with Crippen molar-refractivity contribution in [3.8, 4) is 5.69 Å². The summed E-state index contributed by atoms with van der Waals surface area (Å²) in [4.78, 5) is 43.1. The number of rotatable bonds is 6. The van der Waals surface area contributed by atoms with Crippen molar-refractivity contribution in [3.05, 3.63) is 83.9 Å². The summed E-state index contributed by atoms with van der Waals surface area (Å²) in [7, 11) is 0. The number of aromatic nitrogens is 2. The van der Waals surface area contributed by atoms with Crippen LogP contribution in [0.3, 0.4) is 0 Å². The molecule has 2 aromatic carbocycles. The molecule has 2 N–H and O–H groups in total. The van der Waals surface area contributed by atoms with Gasteiger partial charge in [-0.15, -0.1) is 0 Å². The largest absolute Gasteiger partial charge is 0.348 e. The summed E-state index contributed by atoms with van der Waals surface area (Å²) in [5.74, 6) is -0.855. The highest BCUT2D eigenvalue weighted by atomic mass is 16.2. The molecule has 1 aliphatic heterocycles. The molecule has 1 saturated heterocycles. The fraction of sp³-hybridized carbons (Fsp3) is 0.250. The van der Waals surface area contributed by atoms with Gasteiger partial charge in [0.05, 0.1) is 12.4 Å². The Labute approximate surface area is 186 Å². The average molecular weight is 431 g/mol. The monoisotopic (exact) mass is 431 g/mol. The molecule has 164 valence electrons. The highest BCUT2D eigenvalue weighted by Gasteiger charge is 2.49. The molecular formula is C24H25N5O3. The van der Waals surface area contributed by atoms with E-state index in [1.807, 2.05) is 73.1 Å². The van der Waals surface area contributed by atoms with Gasteiger partial charge in [-0.1, -0.05) is 42.0 Å². The van der Waals surface area contributed by atoms with Crippen LogP contribution in [-0.4, -0.2) is 38.8 Å². The second kappa shape index (κ2) is 8.30. The fourth-order valence-corrected chi connectivity index (χ4v) is 3.78. The molecule has 1 aliphatic rings. The first-order chi connectivity index (χ1) is 15.3. The van der Waals surface area contributed by atoms with Crippen LogP contribution in [0.2, 0.25) is 0 Å². The molecule has 0 bridgehead atoms. The van der Waals surface area contributed by atoms with Gasteiger partial charge >= 0.3 is 6.03 Å². The first-order valence-corrected chi connectivity index (χ1v) is 10.4. The van der Waals surface area contributed by atoms with Gasteiger partial charge in [-0.2, -0.15) is 0 Å². The molecular weight excluding hydrogens is 406 g/mol. The third kappa shape index (κ3) is 3.99. The van der Waals surface area contributed by atoms with E-state index < -0.39 is 23.4 Å². The van der Waals surface area contributed by atoms with Gasteiger partial charge in [0.2, 0.25) is 5.91 Å². The zero-order valence-corrected chi connectivity index (χ0v) is 18.2. The number of carbonyl (C=O) groups excluding carboxylic acids is 3. The average Bonchev–Trinajstić information content (AvgIpc) is 3.38. The molecule has 4 rings (SSSR count). The summed E-state index contributed by atoms with van der Waals surface area (Å²) >= 11 is 0. The standard InChI is InChI=1S/C24H25N5O3/c1-16-4-8-19(9-5-16)24(3)22(31)29(23(32)27-24)14-21(30)26-17(2)18-6-10-20(11-7-18)28-13-12-25-15-28/h4-13,15,17H,14H2,1-3H3,(H,26,30)(H,27,32)/t17-,24-/m1/s1. The maximum atomic E-state index is 13.0. The molecule has 3 aromatic rings. The number of amides is 4. The van der Waals surface area contributed by atoms with Gasteiger partial charge < -0.3 is 15.2 Å². The fourth-order valence-electron chi connectivity index (χ4n) is 3.78. The van der Waals surface area contributed by atoms with Gasteiger partial charge in [-0.3, -0.25) is 14.5 Å². The minimum Gasteiger partial charge on any atom is -0.348 e. The Morgan fingerprint density at radius 1 is 1.12 bits per heavy atom. The van der Waals surface area contributed by atoms with Crippen LogP contribution in [0.5, 0.6) is 0 Å². The van der Waals surface area contributed by atoms with Crippen molar-refractivity contribution < 1.29 is 14.4 Å². The first kappa shape index (κ1) is 21.3. The Morgan fingerprint density at radius 3 is 2.44 bits per heavy atom. The van der Waals surface area contributed by atoms with Crippen LogP contribution in [0.1, 0.15) is 36.6 Å². The number of hydrogen-bond acceptors (Lipinski definition) is 4. The molecule has 2 heterocycles. The van der Waals surface area contributed by atoms with Crippen molar-refractivity contribution in [2.24, 2.45) is 0 Å². The van der Waals surface area contributed by atoms with Crippen LogP contribution in [0.25, 0.3) is 5.69 Å². The van der Waals surface area contributed by atoms with E-state index in [1.165, 1.54) is 0 Å². The lowest BCUT2D eigenvalue weighted by Gasteiger charge is -2.22. The van der Waals surface area contributed by atoms with Crippen LogP contribution in [0.4, 0.5) is 4.79 Å². The van der Waals surface area contributed by atoms with Gasteiger partial charge in [0.1, 0.15) is 12.1 Å². The van der Waals surface area contributed by atoms with Crippen LogP contribution >= 0.6 is 0 Å². The molecule has 32 heavy (non-hydrogen) atoms. The summed E-state index contributed by atoms with van der Waals surface area (Å²) in [6.45, 7) is 5.11. The van der Waals surface area contributed by atoms with Crippen molar-refractivity contribution in [2.75, 3.05) is 6.54 Å². The van der Waals surface area contributed by atoms with E-state index in [0.29, 0.717) is 5.56 Å². The van der Waals surface area contributed by atoms with Crippen molar-refractivity contribution in [2.45, 2.75) is 32.4 Å². The lowest BCUT2D eigenvalue weighted by atomic mass is 9.91. The second-order valence-corrected chi connectivity index (χ2v) is 8.16. The van der Waals surface area contributed by atoms with E-state index in [0.717, 1.165) is 21.7 Å². The smallest absolute Gasteiger partial charge is 0.325 e. The maximum absolute atomic E-state index is 13.0. The number of nitrogens with zero attached hydrogens (tertiary/aromatic N) is 3. The van der Waals surface area contributed by atoms with E-state index >= 15 is 0 Å². The van der Waals surface area contributed by atoms with E-state index in [2.05, 4.69) is 15.6 Å². The third-order valence-corrected chi connectivity index (χ3v) is 5.78. The molecule has 1 aromatic heterocycles. The summed E-state index contributed by atoms with van der Waals surface area (Å²) in [5.41, 5.74) is 2.40. The van der Waals surface area contributed by atoms with E-state index in [4.69, 9.17) is 0 Å². The molecule has 0 spiro atoms. The Morgan fingerprint density at radius 2 is 1.81 bits per heavy atom. The first-order valence-electron chi connectivity index (χ1n) is 10.4. The molecule has 4 amide bonds. The number of carbonyl (C=O) groups is 3. The molecule has 0 radical (unpaired) electrons. The Bertz CT molecular complexity index is 1140. The van der Waals surface area contributed by atoms with Gasteiger partial charge in [-0.25, -0.2) is 9.78 Å². The Kier molecular flexibility index (Phi) is 5.52. The van der Waals surface area contributed by atoms with E-state index in [1.54, 1.807) is 19.4 Å². The molecule has 0 unspecified atom stereocenters. The van der Waals surface area contributed by atoms with Crippen LogP contribution < -0.4 is 10.6 Å². The minimum atomic E-state index is -1.19. The topological polar surface area (TPSA) is 96.3 Å². The quantitative estimate of drug-likeness (QED) is 0.587. The van der Waals surface area contributed by atoms with Crippen molar-refractivity contribution in [1.29, 1.82) is 0 Å². The van der Waals surface area contributed by atoms with Crippen LogP contribution in [-0.2, 0) is 15.1 Å². The van der Waals surface area contributed by atoms with Gasteiger partial charge in [-0.05, 0) is 44.0 Å². The highest BCUT2D eigenvalue weighted by molar-refractivity contribution is 6.09. The molecule has 8 nitrogen and oxygen atoms in total. The summed E-state index contributed by atoms with van der Waals surface area (Å²) in [6.07, 6.45) is 5.27. The van der Waals surface area contributed by atoms with Crippen molar-refractivity contribution >= 4 is 17.8 Å². The normalized spacial score (nSPS) is 19.0. The number of hydrogen-bond donors (Lipinski definition) is 2. The second-order valence-electron chi connectivity index (χ2n) is 8.16. The Hall–Kier alpha value is -3.94. The summed E-state index contributed by atoms with van der Waals surface area (Å²) in [5, 5.41) is 5.59. The summed E-state index contributed by atoms with van der Waals surface area (Å²) in [6, 6.07) is 14.2. The Balaban J connectivity index is 1.40. The lowest BCUT2D eigenvalue weighted by molar-refractivity contribution is -0.135. The number of nitrogens with one attached hydrogen (secondary N) is 2. The van der Waals surface area contributed by atoms with Crippen molar-refractivity contribution in [1.82, 2.24) is 25.1 Å². The van der Waals surface area contributed by atoms with Gasteiger partial charge in [0, 0.05) is 18.1 Å². The number of imide groups is 1. The minimum absolute atomic E-state index is 0.288. The lowest BCUT2D eigenvalue weighted by Crippen LogP contribution is -2.43.